The quantitative estimate of drug-likeness (QED) is 0.638. The lowest BCUT2D eigenvalue weighted by atomic mass is 10.2. The molecule has 73 valence electrons. The summed E-state index contributed by atoms with van der Waals surface area (Å²) in [7, 11) is 0. The van der Waals surface area contributed by atoms with E-state index in [1.807, 2.05) is 30.3 Å². The number of para-hydroxylation sites is 1. The first-order chi connectivity index (χ1) is 7.24. The summed E-state index contributed by atoms with van der Waals surface area (Å²) >= 11 is 0. The van der Waals surface area contributed by atoms with E-state index in [1.165, 1.54) is 0 Å². The Hall–Kier alpha value is -1.88. The minimum absolute atomic E-state index is 0.168. The van der Waals surface area contributed by atoms with Crippen LogP contribution in [0.15, 0.2) is 45.8 Å². The molecule has 15 heavy (non-hydrogen) atoms. The molecule has 1 amide bonds. The highest BCUT2D eigenvalue weighted by atomic mass is 16.2. The molecule has 0 aromatic heterocycles. The van der Waals surface area contributed by atoms with Gasteiger partial charge in [0, 0.05) is 16.8 Å². The maximum atomic E-state index is 11.9. The second kappa shape index (κ2) is 2.58. The fourth-order valence-electron chi connectivity index (χ4n) is 1.76. The molecule has 0 N–H and O–H groups in total. The maximum absolute atomic E-state index is 11.9. The SMILES string of the molecule is CC1=N[N+]2(c3ccccc3)N=N[C]1C2=O. The van der Waals surface area contributed by atoms with Gasteiger partial charge in [-0.3, -0.25) is 0 Å². The van der Waals surface area contributed by atoms with Crippen molar-refractivity contribution in [3.8, 4) is 0 Å². The Morgan fingerprint density at radius 3 is 2.47 bits per heavy atom. The van der Waals surface area contributed by atoms with Gasteiger partial charge in [-0.15, -0.1) is 5.11 Å². The predicted molar refractivity (Wildman–Crippen MR) is 54.5 cm³/mol. The molecule has 1 radical (unpaired) electrons. The second-order valence-electron chi connectivity index (χ2n) is 3.47. The Labute approximate surface area is 86.3 Å². The fraction of sp³-hybridized carbons (Fsp3) is 0.100. The van der Waals surface area contributed by atoms with Crippen molar-refractivity contribution in [2.24, 2.45) is 15.4 Å². The molecule has 2 heterocycles. The number of benzene rings is 1. The van der Waals surface area contributed by atoms with Crippen molar-refractivity contribution in [1.82, 2.24) is 4.70 Å². The standard InChI is InChI=1S/C10H8N4O/c1-7-9-10(15)14(12-7,13-11-9)8-5-3-2-4-6-8/h2-6H,1H3/q+1. The van der Waals surface area contributed by atoms with Crippen LogP contribution in [0.25, 0.3) is 0 Å². The first-order valence-electron chi connectivity index (χ1n) is 4.61. The number of carbonyl (C=O) groups excluding carboxylic acids is 1. The smallest absolute Gasteiger partial charge is 0.221 e. The molecule has 5 heteroatoms. The third kappa shape index (κ3) is 0.901. The largest absolute Gasteiger partial charge is 0.413 e. The average Bonchev–Trinajstić information content (AvgIpc) is 2.71. The molecule has 0 spiro atoms. The van der Waals surface area contributed by atoms with Crippen LogP contribution in [0, 0.1) is 6.04 Å². The summed E-state index contributed by atoms with van der Waals surface area (Å²) in [5.41, 5.74) is 1.37. The van der Waals surface area contributed by atoms with Crippen LogP contribution < -0.4 is 4.70 Å². The zero-order valence-corrected chi connectivity index (χ0v) is 8.08. The van der Waals surface area contributed by atoms with Crippen molar-refractivity contribution in [2.75, 3.05) is 0 Å². The molecule has 1 atom stereocenters. The molecule has 1 aromatic carbocycles. The van der Waals surface area contributed by atoms with E-state index >= 15 is 0 Å². The molecule has 0 fully saturated rings. The van der Waals surface area contributed by atoms with Crippen LogP contribution in [-0.2, 0) is 4.79 Å². The van der Waals surface area contributed by atoms with Crippen molar-refractivity contribution >= 4 is 17.3 Å². The Balaban J connectivity index is 2.20. The lowest BCUT2D eigenvalue weighted by Gasteiger charge is -2.12. The van der Waals surface area contributed by atoms with Crippen molar-refractivity contribution in [3.63, 3.8) is 0 Å². The van der Waals surface area contributed by atoms with E-state index < -0.39 is 0 Å². The first-order valence-corrected chi connectivity index (χ1v) is 4.61. The Morgan fingerprint density at radius 1 is 1.20 bits per heavy atom. The number of quaternary nitrogens is 1. The summed E-state index contributed by atoms with van der Waals surface area (Å²) < 4.78 is -0.373. The summed E-state index contributed by atoms with van der Waals surface area (Å²) in [6.45, 7) is 1.77. The third-order valence-electron chi connectivity index (χ3n) is 2.51. The van der Waals surface area contributed by atoms with Crippen LogP contribution in [0.5, 0.6) is 0 Å². The number of carbonyl (C=O) groups is 1. The molecule has 0 saturated carbocycles. The topological polar surface area (TPSA) is 54.1 Å². The summed E-state index contributed by atoms with van der Waals surface area (Å²) in [5.74, 6) is -0.168. The van der Waals surface area contributed by atoms with Crippen LogP contribution >= 0.6 is 0 Å². The van der Waals surface area contributed by atoms with E-state index in [-0.39, 0.29) is 10.6 Å². The van der Waals surface area contributed by atoms with Gasteiger partial charge in [-0.25, -0.2) is 4.79 Å². The molecule has 0 aliphatic carbocycles. The summed E-state index contributed by atoms with van der Waals surface area (Å²) in [6, 6.07) is 9.61. The molecule has 0 saturated heterocycles. The second-order valence-corrected chi connectivity index (χ2v) is 3.47. The first kappa shape index (κ1) is 8.43. The highest BCUT2D eigenvalue weighted by molar-refractivity contribution is 6.24. The van der Waals surface area contributed by atoms with Gasteiger partial charge in [0.05, 0.1) is 5.22 Å². The monoisotopic (exact) mass is 200 g/mol. The number of amides is 1. The lowest BCUT2D eigenvalue weighted by molar-refractivity contribution is -0.125. The number of fused-ring (bicyclic) bond motifs is 2. The van der Waals surface area contributed by atoms with E-state index in [9.17, 15) is 4.79 Å². The molecule has 5 nitrogen and oxygen atoms in total. The molecule has 2 aliphatic heterocycles. The number of hydrogen-bond donors (Lipinski definition) is 0. The van der Waals surface area contributed by atoms with E-state index in [2.05, 4.69) is 15.4 Å². The summed E-state index contributed by atoms with van der Waals surface area (Å²) in [4.78, 5) is 11.9. The van der Waals surface area contributed by atoms with Crippen LogP contribution in [0.4, 0.5) is 5.69 Å². The molecule has 1 aromatic rings. The van der Waals surface area contributed by atoms with Crippen molar-refractivity contribution < 1.29 is 4.79 Å². The molecular weight excluding hydrogens is 192 g/mol. The minimum Gasteiger partial charge on any atom is -0.221 e. The normalized spacial score (nSPS) is 28.6. The highest BCUT2D eigenvalue weighted by Crippen LogP contribution is 2.39. The van der Waals surface area contributed by atoms with Gasteiger partial charge in [0.15, 0.2) is 5.69 Å². The van der Waals surface area contributed by atoms with Crippen LogP contribution in [0.3, 0.4) is 0 Å². The minimum atomic E-state index is -0.373. The molecule has 2 bridgehead atoms. The summed E-state index contributed by atoms with van der Waals surface area (Å²) in [5, 5.41) is 12.0. The van der Waals surface area contributed by atoms with Crippen molar-refractivity contribution in [2.45, 2.75) is 6.92 Å². The van der Waals surface area contributed by atoms with Gasteiger partial charge in [-0.05, 0) is 12.0 Å². The molecular formula is C10H8N4O+. The maximum Gasteiger partial charge on any atom is 0.413 e. The van der Waals surface area contributed by atoms with Crippen LogP contribution in [0.2, 0.25) is 0 Å². The molecule has 1 unspecified atom stereocenters. The van der Waals surface area contributed by atoms with Gasteiger partial charge in [0.25, 0.3) is 6.04 Å². The Bertz CT molecular complexity index is 493. The lowest BCUT2D eigenvalue weighted by Crippen LogP contribution is -2.38. The Kier molecular flexibility index (Phi) is 1.45. The average molecular weight is 200 g/mol. The van der Waals surface area contributed by atoms with Gasteiger partial charge in [0.1, 0.15) is 5.71 Å². The number of nitrogens with zero attached hydrogens (tertiary/aromatic N) is 4. The summed E-state index contributed by atoms with van der Waals surface area (Å²) in [6.07, 6.45) is 0. The number of rotatable bonds is 1. The van der Waals surface area contributed by atoms with Gasteiger partial charge in [-0.1, -0.05) is 18.2 Å². The predicted octanol–water partition coefficient (Wildman–Crippen LogP) is 1.82. The van der Waals surface area contributed by atoms with Crippen molar-refractivity contribution in [3.05, 3.63) is 36.4 Å². The van der Waals surface area contributed by atoms with Gasteiger partial charge in [0.2, 0.25) is 0 Å². The molecule has 2 aliphatic rings. The zero-order chi connectivity index (χ0) is 10.5. The van der Waals surface area contributed by atoms with E-state index in [1.54, 1.807) is 6.92 Å². The van der Waals surface area contributed by atoms with Crippen LogP contribution in [0.1, 0.15) is 6.92 Å². The van der Waals surface area contributed by atoms with Gasteiger partial charge < -0.3 is 0 Å². The van der Waals surface area contributed by atoms with Crippen molar-refractivity contribution in [1.29, 1.82) is 0 Å². The van der Waals surface area contributed by atoms with Gasteiger partial charge in [-0.2, -0.15) is 0 Å². The highest BCUT2D eigenvalue weighted by Gasteiger charge is 2.60. The van der Waals surface area contributed by atoms with Crippen LogP contribution in [-0.4, -0.2) is 11.6 Å². The molecule has 3 rings (SSSR count). The van der Waals surface area contributed by atoms with E-state index in [4.69, 9.17) is 0 Å². The number of hydrogen-bond acceptors (Lipinski definition) is 4. The van der Waals surface area contributed by atoms with E-state index in [0.29, 0.717) is 11.8 Å². The third-order valence-corrected chi connectivity index (χ3v) is 2.51. The van der Waals surface area contributed by atoms with E-state index in [0.717, 1.165) is 5.69 Å². The zero-order valence-electron chi connectivity index (χ0n) is 8.08. The fourth-order valence-corrected chi connectivity index (χ4v) is 1.76. The Morgan fingerprint density at radius 2 is 1.93 bits per heavy atom. The van der Waals surface area contributed by atoms with Gasteiger partial charge >= 0.3 is 5.91 Å².